The van der Waals surface area contributed by atoms with E-state index in [2.05, 4.69) is 17.2 Å². The number of hydrogen-bond acceptors (Lipinski definition) is 2. The number of imidazole rings is 1. The molecule has 0 aliphatic rings. The number of nitrogens with one attached hydrogen (secondary N) is 1. The van der Waals surface area contributed by atoms with Crippen LogP contribution in [0.15, 0.2) is 30.9 Å². The largest absolute Gasteiger partial charge is 0.337 e. The minimum absolute atomic E-state index is 0.294. The first-order chi connectivity index (χ1) is 9.56. The van der Waals surface area contributed by atoms with Crippen LogP contribution < -0.4 is 5.32 Å². The molecule has 108 valence electrons. The number of benzene rings is 1. The molecule has 0 saturated carbocycles. The Morgan fingerprint density at radius 1 is 1.25 bits per heavy atom. The summed E-state index contributed by atoms with van der Waals surface area (Å²) in [6.07, 6.45) is 5.33. The van der Waals surface area contributed by atoms with Crippen LogP contribution in [0.2, 0.25) is 0 Å². The fourth-order valence-electron chi connectivity index (χ4n) is 1.99. The zero-order valence-electron chi connectivity index (χ0n) is 11.1. The van der Waals surface area contributed by atoms with Gasteiger partial charge in [-0.05, 0) is 30.2 Å². The first kappa shape index (κ1) is 14.6. The van der Waals surface area contributed by atoms with E-state index in [1.165, 1.54) is 0 Å². The molecule has 0 aliphatic carbocycles. The van der Waals surface area contributed by atoms with Crippen LogP contribution >= 0.6 is 0 Å². The van der Waals surface area contributed by atoms with Gasteiger partial charge in [0, 0.05) is 25.5 Å². The predicted molar refractivity (Wildman–Crippen MR) is 69.4 cm³/mol. The van der Waals surface area contributed by atoms with Gasteiger partial charge in [0.25, 0.3) is 0 Å². The van der Waals surface area contributed by atoms with E-state index < -0.39 is 17.5 Å². The molecule has 0 amide bonds. The van der Waals surface area contributed by atoms with Gasteiger partial charge in [0.2, 0.25) is 0 Å². The molecule has 2 aromatic rings. The van der Waals surface area contributed by atoms with Gasteiger partial charge in [-0.15, -0.1) is 0 Å². The van der Waals surface area contributed by atoms with E-state index in [1.807, 2.05) is 10.8 Å². The topological polar surface area (TPSA) is 29.9 Å². The third kappa shape index (κ3) is 3.84. The lowest BCUT2D eigenvalue weighted by Crippen LogP contribution is -2.23. The van der Waals surface area contributed by atoms with E-state index in [0.717, 1.165) is 18.7 Å². The molecule has 0 radical (unpaired) electrons. The van der Waals surface area contributed by atoms with Crippen molar-refractivity contribution in [3.63, 3.8) is 0 Å². The average Bonchev–Trinajstić information content (AvgIpc) is 2.88. The minimum atomic E-state index is -1.43. The Morgan fingerprint density at radius 2 is 1.95 bits per heavy atom. The monoisotopic (exact) mass is 283 g/mol. The molecular weight excluding hydrogens is 267 g/mol. The molecular formula is C14H16F3N3. The highest BCUT2D eigenvalue weighted by molar-refractivity contribution is 5.19. The van der Waals surface area contributed by atoms with Crippen molar-refractivity contribution < 1.29 is 13.2 Å². The van der Waals surface area contributed by atoms with Crippen molar-refractivity contribution in [3.05, 3.63) is 53.9 Å². The molecule has 6 heteroatoms. The zero-order valence-corrected chi connectivity index (χ0v) is 11.1. The number of hydrogen-bond donors (Lipinski definition) is 1. The van der Waals surface area contributed by atoms with E-state index in [0.29, 0.717) is 24.6 Å². The van der Waals surface area contributed by atoms with E-state index in [-0.39, 0.29) is 0 Å². The van der Waals surface area contributed by atoms with Crippen LogP contribution in [0.1, 0.15) is 12.5 Å². The molecule has 20 heavy (non-hydrogen) atoms. The smallest absolute Gasteiger partial charge is 0.194 e. The summed E-state index contributed by atoms with van der Waals surface area (Å²) in [5.74, 6) is -3.41. The van der Waals surface area contributed by atoms with Crippen LogP contribution in [-0.4, -0.2) is 16.1 Å². The zero-order chi connectivity index (χ0) is 14.5. The average molecular weight is 283 g/mol. The van der Waals surface area contributed by atoms with Crippen LogP contribution in [-0.2, 0) is 13.1 Å². The first-order valence-electron chi connectivity index (χ1n) is 6.36. The third-order valence-electron chi connectivity index (χ3n) is 2.95. The number of nitrogens with zero attached hydrogens (tertiary/aromatic N) is 2. The highest BCUT2D eigenvalue weighted by atomic mass is 19.2. The summed E-state index contributed by atoms with van der Waals surface area (Å²) in [7, 11) is 0. The Hall–Kier alpha value is -1.82. The molecule has 1 atom stereocenters. The minimum Gasteiger partial charge on any atom is -0.337 e. The van der Waals surface area contributed by atoms with Gasteiger partial charge in [0.05, 0.1) is 6.33 Å². The molecule has 1 heterocycles. The Bertz CT molecular complexity index is 532. The van der Waals surface area contributed by atoms with Gasteiger partial charge >= 0.3 is 0 Å². The molecule has 0 spiro atoms. The van der Waals surface area contributed by atoms with Crippen molar-refractivity contribution in [2.75, 3.05) is 6.54 Å². The van der Waals surface area contributed by atoms with E-state index in [1.54, 1.807) is 12.5 Å². The second-order valence-corrected chi connectivity index (χ2v) is 4.87. The SMILES string of the molecule is CC(CNCc1cc(F)c(F)c(F)c1)Cn1ccnc1. The fourth-order valence-corrected chi connectivity index (χ4v) is 1.99. The van der Waals surface area contributed by atoms with Gasteiger partial charge in [0.15, 0.2) is 17.5 Å². The highest BCUT2D eigenvalue weighted by Crippen LogP contribution is 2.13. The molecule has 1 aromatic heterocycles. The first-order valence-corrected chi connectivity index (χ1v) is 6.36. The maximum atomic E-state index is 13.0. The summed E-state index contributed by atoms with van der Waals surface area (Å²) >= 11 is 0. The normalized spacial score (nSPS) is 12.6. The van der Waals surface area contributed by atoms with Crippen molar-refractivity contribution >= 4 is 0 Å². The molecule has 2 rings (SSSR count). The van der Waals surface area contributed by atoms with Crippen molar-refractivity contribution in [1.82, 2.24) is 14.9 Å². The lowest BCUT2D eigenvalue weighted by molar-refractivity contribution is 0.435. The second-order valence-electron chi connectivity index (χ2n) is 4.87. The summed E-state index contributed by atoms with van der Waals surface area (Å²) in [5, 5.41) is 3.10. The van der Waals surface area contributed by atoms with Gasteiger partial charge in [0.1, 0.15) is 0 Å². The summed E-state index contributed by atoms with van der Waals surface area (Å²) in [5.41, 5.74) is 0.385. The second kappa shape index (κ2) is 6.56. The maximum absolute atomic E-state index is 13.0. The van der Waals surface area contributed by atoms with Gasteiger partial charge in [-0.3, -0.25) is 0 Å². The van der Waals surface area contributed by atoms with Crippen LogP contribution in [0.3, 0.4) is 0 Å². The quantitative estimate of drug-likeness (QED) is 0.826. The van der Waals surface area contributed by atoms with Gasteiger partial charge in [-0.2, -0.15) is 0 Å². The maximum Gasteiger partial charge on any atom is 0.194 e. The molecule has 0 aliphatic heterocycles. The Labute approximate surface area is 115 Å². The summed E-state index contributed by atoms with van der Waals surface area (Å²) in [6.45, 7) is 3.83. The molecule has 3 nitrogen and oxygen atoms in total. The number of halogens is 3. The van der Waals surface area contributed by atoms with Crippen LogP contribution in [0.5, 0.6) is 0 Å². The standard InChI is InChI=1S/C14H16F3N3/c1-10(8-20-3-2-18-9-20)6-19-7-11-4-12(15)14(17)13(16)5-11/h2-5,9-10,19H,6-8H2,1H3. The van der Waals surface area contributed by atoms with Gasteiger partial charge < -0.3 is 9.88 Å². The number of rotatable bonds is 6. The van der Waals surface area contributed by atoms with Crippen LogP contribution in [0.4, 0.5) is 13.2 Å². The molecule has 0 bridgehead atoms. The molecule has 0 saturated heterocycles. The summed E-state index contributed by atoms with van der Waals surface area (Å²) in [6, 6.07) is 2.01. The van der Waals surface area contributed by atoms with Gasteiger partial charge in [-0.25, -0.2) is 18.2 Å². The van der Waals surface area contributed by atoms with Crippen molar-refractivity contribution in [3.8, 4) is 0 Å². The summed E-state index contributed by atoms with van der Waals surface area (Å²) in [4.78, 5) is 3.95. The summed E-state index contributed by atoms with van der Waals surface area (Å²) < 4.78 is 40.8. The number of aromatic nitrogens is 2. The Balaban J connectivity index is 1.81. The van der Waals surface area contributed by atoms with Crippen LogP contribution in [0.25, 0.3) is 0 Å². The van der Waals surface area contributed by atoms with Crippen molar-refractivity contribution in [2.24, 2.45) is 5.92 Å². The lowest BCUT2D eigenvalue weighted by Gasteiger charge is -2.13. The molecule has 1 N–H and O–H groups in total. The van der Waals surface area contributed by atoms with E-state index in [9.17, 15) is 13.2 Å². The van der Waals surface area contributed by atoms with E-state index in [4.69, 9.17) is 0 Å². The lowest BCUT2D eigenvalue weighted by atomic mass is 10.1. The molecule has 1 aromatic carbocycles. The highest BCUT2D eigenvalue weighted by Gasteiger charge is 2.10. The van der Waals surface area contributed by atoms with Gasteiger partial charge in [-0.1, -0.05) is 6.92 Å². The Morgan fingerprint density at radius 3 is 2.55 bits per heavy atom. The molecule has 0 fully saturated rings. The van der Waals surface area contributed by atoms with Crippen molar-refractivity contribution in [2.45, 2.75) is 20.0 Å². The molecule has 1 unspecified atom stereocenters. The van der Waals surface area contributed by atoms with Crippen molar-refractivity contribution in [1.29, 1.82) is 0 Å². The van der Waals surface area contributed by atoms with E-state index >= 15 is 0 Å². The Kier molecular flexibility index (Phi) is 4.79. The fraction of sp³-hybridized carbons (Fsp3) is 0.357. The van der Waals surface area contributed by atoms with Crippen LogP contribution in [0, 0.1) is 23.4 Å². The third-order valence-corrected chi connectivity index (χ3v) is 2.95. The predicted octanol–water partition coefficient (Wildman–Crippen LogP) is 2.73.